The number of hydrogen-bond acceptors (Lipinski definition) is 8. The summed E-state index contributed by atoms with van der Waals surface area (Å²) in [6, 6.07) is 13.6. The highest BCUT2D eigenvalue weighted by atomic mass is 35.5. The average Bonchev–Trinajstić information content (AvgIpc) is 3.36. The average molecular weight is 434 g/mol. The Labute approximate surface area is 173 Å². The maximum atomic E-state index is 12.9. The van der Waals surface area contributed by atoms with Crippen molar-refractivity contribution in [3.8, 4) is 11.5 Å². The van der Waals surface area contributed by atoms with Gasteiger partial charge < -0.3 is 9.73 Å². The van der Waals surface area contributed by atoms with Crippen molar-refractivity contribution in [2.75, 3.05) is 5.32 Å². The van der Waals surface area contributed by atoms with E-state index in [0.717, 1.165) is 9.90 Å². The number of thioether (sulfide) groups is 1. The highest BCUT2D eigenvalue weighted by Crippen LogP contribution is 2.30. The van der Waals surface area contributed by atoms with E-state index in [9.17, 15) is 4.39 Å². The maximum absolute atomic E-state index is 12.9. The Morgan fingerprint density at radius 1 is 1.04 bits per heavy atom. The molecule has 10 heteroatoms. The predicted molar refractivity (Wildman–Crippen MR) is 108 cm³/mol. The van der Waals surface area contributed by atoms with Crippen molar-refractivity contribution in [2.24, 2.45) is 0 Å². The normalized spacial score (nSPS) is 10.9. The molecule has 0 amide bonds. The highest BCUT2D eigenvalue weighted by molar-refractivity contribution is 8.00. The Bertz CT molecular complexity index is 1070. The number of halogens is 2. The van der Waals surface area contributed by atoms with Gasteiger partial charge in [0.1, 0.15) is 5.82 Å². The van der Waals surface area contributed by atoms with Crippen LogP contribution in [-0.2, 0) is 12.3 Å². The first-order valence-corrected chi connectivity index (χ1v) is 10.4. The molecule has 0 aliphatic rings. The minimum absolute atomic E-state index is 0.253. The molecule has 0 fully saturated rings. The van der Waals surface area contributed by atoms with E-state index in [-0.39, 0.29) is 5.82 Å². The van der Waals surface area contributed by atoms with Gasteiger partial charge in [0.2, 0.25) is 16.9 Å². The van der Waals surface area contributed by atoms with Crippen molar-refractivity contribution >= 4 is 39.8 Å². The number of hydrogen-bond donors (Lipinski definition) is 1. The molecule has 4 rings (SSSR count). The van der Waals surface area contributed by atoms with Crippen LogP contribution in [0.3, 0.4) is 0 Å². The Morgan fingerprint density at radius 2 is 1.86 bits per heavy atom. The quantitative estimate of drug-likeness (QED) is 0.397. The van der Waals surface area contributed by atoms with E-state index >= 15 is 0 Å². The smallest absolute Gasteiger partial charge is 0.249 e. The van der Waals surface area contributed by atoms with Gasteiger partial charge in [0.25, 0.3) is 0 Å². The van der Waals surface area contributed by atoms with E-state index in [1.165, 1.54) is 35.2 Å². The second-order valence-electron chi connectivity index (χ2n) is 5.62. The number of anilines is 1. The van der Waals surface area contributed by atoms with Gasteiger partial charge in [-0.25, -0.2) is 4.39 Å². The highest BCUT2D eigenvalue weighted by Gasteiger charge is 2.13. The summed E-state index contributed by atoms with van der Waals surface area (Å²) in [5.74, 6) is 1.09. The number of nitrogens with zero attached hydrogens (tertiary/aromatic N) is 4. The van der Waals surface area contributed by atoms with Gasteiger partial charge in [-0.1, -0.05) is 59.0 Å². The van der Waals surface area contributed by atoms with Gasteiger partial charge in [-0.15, -0.1) is 20.4 Å². The van der Waals surface area contributed by atoms with Crippen molar-refractivity contribution in [3.05, 3.63) is 70.8 Å². The molecule has 0 spiro atoms. The van der Waals surface area contributed by atoms with Gasteiger partial charge in [-0.3, -0.25) is 0 Å². The molecule has 1 N–H and O–H groups in total. The van der Waals surface area contributed by atoms with Gasteiger partial charge in [0.05, 0.1) is 16.3 Å². The fourth-order valence-corrected chi connectivity index (χ4v) is 4.10. The second-order valence-corrected chi connectivity index (χ2v) is 8.23. The van der Waals surface area contributed by atoms with E-state index in [1.807, 2.05) is 18.2 Å². The molecule has 4 aromatic rings. The van der Waals surface area contributed by atoms with Crippen LogP contribution in [0.4, 0.5) is 9.52 Å². The molecule has 142 valence electrons. The third kappa shape index (κ3) is 4.67. The van der Waals surface area contributed by atoms with Crippen LogP contribution in [0.15, 0.2) is 57.3 Å². The Kier molecular flexibility index (Phi) is 5.84. The summed E-state index contributed by atoms with van der Waals surface area (Å²) in [6.07, 6.45) is 0. The largest absolute Gasteiger partial charge is 0.420 e. The minimum Gasteiger partial charge on any atom is -0.420 e. The lowest BCUT2D eigenvalue weighted by Gasteiger charge is -2.01. The van der Waals surface area contributed by atoms with Crippen molar-refractivity contribution in [3.63, 3.8) is 0 Å². The molecule has 6 nitrogen and oxygen atoms in total. The molecule has 0 bridgehead atoms. The predicted octanol–water partition coefficient (Wildman–Crippen LogP) is 5.29. The van der Waals surface area contributed by atoms with Crippen LogP contribution in [0.1, 0.15) is 11.5 Å². The Morgan fingerprint density at radius 3 is 2.68 bits per heavy atom. The fraction of sp³-hybridized carbons (Fsp3) is 0.111. The molecule has 0 aliphatic heterocycles. The molecule has 0 atom stereocenters. The van der Waals surface area contributed by atoms with Crippen LogP contribution < -0.4 is 5.32 Å². The molecule has 0 unspecified atom stereocenters. The van der Waals surface area contributed by atoms with Crippen molar-refractivity contribution < 1.29 is 8.81 Å². The van der Waals surface area contributed by atoms with E-state index in [1.54, 1.807) is 18.2 Å². The lowest BCUT2D eigenvalue weighted by atomic mass is 10.2. The monoisotopic (exact) mass is 433 g/mol. The zero-order chi connectivity index (χ0) is 19.3. The summed E-state index contributed by atoms with van der Waals surface area (Å²) < 4.78 is 19.4. The van der Waals surface area contributed by atoms with Crippen LogP contribution in [0.2, 0.25) is 5.02 Å². The van der Waals surface area contributed by atoms with Gasteiger partial charge in [0, 0.05) is 6.54 Å². The molecular formula is C18H13ClFN5OS2. The summed E-state index contributed by atoms with van der Waals surface area (Å²) in [4.78, 5) is 0. The standard InChI is InChI=1S/C18H13ClFN5OS2/c19-14-4-2-1-3-13(14)16-23-22-15(26-16)10-27-18-25-24-17(28-18)21-9-11-5-7-12(20)8-6-11/h1-8H,9-10H2,(H,21,24). The zero-order valence-electron chi connectivity index (χ0n) is 14.3. The maximum Gasteiger partial charge on any atom is 0.249 e. The summed E-state index contributed by atoms with van der Waals surface area (Å²) in [5.41, 5.74) is 1.67. The minimum atomic E-state index is -0.253. The first-order chi connectivity index (χ1) is 13.7. The van der Waals surface area contributed by atoms with E-state index in [4.69, 9.17) is 16.0 Å². The number of nitrogens with one attached hydrogen (secondary N) is 1. The molecule has 2 aromatic heterocycles. The molecule has 0 aliphatic carbocycles. The summed E-state index contributed by atoms with van der Waals surface area (Å²) in [7, 11) is 0. The summed E-state index contributed by atoms with van der Waals surface area (Å²) >= 11 is 9.03. The first kappa shape index (κ1) is 18.9. The zero-order valence-corrected chi connectivity index (χ0v) is 16.7. The van der Waals surface area contributed by atoms with Crippen LogP contribution in [0, 0.1) is 5.82 Å². The number of benzene rings is 2. The third-order valence-corrected chi connectivity index (χ3v) is 5.98. The van der Waals surface area contributed by atoms with E-state index < -0.39 is 0 Å². The van der Waals surface area contributed by atoms with Gasteiger partial charge in [-0.05, 0) is 29.8 Å². The van der Waals surface area contributed by atoms with Gasteiger partial charge in [0.15, 0.2) is 4.34 Å². The van der Waals surface area contributed by atoms with Crippen LogP contribution in [0.5, 0.6) is 0 Å². The Balaban J connectivity index is 1.32. The fourth-order valence-electron chi connectivity index (χ4n) is 2.30. The van der Waals surface area contributed by atoms with Crippen LogP contribution in [-0.4, -0.2) is 20.4 Å². The van der Waals surface area contributed by atoms with Crippen molar-refractivity contribution in [1.82, 2.24) is 20.4 Å². The lowest BCUT2D eigenvalue weighted by molar-refractivity contribution is 0.528. The van der Waals surface area contributed by atoms with E-state index in [0.29, 0.717) is 39.8 Å². The molecule has 0 saturated heterocycles. The first-order valence-electron chi connectivity index (χ1n) is 8.19. The molecule has 2 aromatic carbocycles. The molecule has 0 saturated carbocycles. The van der Waals surface area contributed by atoms with Crippen molar-refractivity contribution in [1.29, 1.82) is 0 Å². The van der Waals surface area contributed by atoms with Crippen molar-refractivity contribution in [2.45, 2.75) is 16.6 Å². The lowest BCUT2D eigenvalue weighted by Crippen LogP contribution is -1.98. The number of rotatable bonds is 7. The SMILES string of the molecule is Fc1ccc(CNc2nnc(SCc3nnc(-c4ccccc4Cl)o3)s2)cc1. The van der Waals surface area contributed by atoms with Crippen LogP contribution in [0.25, 0.3) is 11.5 Å². The third-order valence-electron chi connectivity index (χ3n) is 3.65. The molecule has 0 radical (unpaired) electrons. The van der Waals surface area contributed by atoms with E-state index in [2.05, 4.69) is 25.7 Å². The molecule has 28 heavy (non-hydrogen) atoms. The molecule has 2 heterocycles. The molecular weight excluding hydrogens is 421 g/mol. The topological polar surface area (TPSA) is 76.7 Å². The summed E-state index contributed by atoms with van der Waals surface area (Å²) in [5, 5.41) is 20.8. The number of aromatic nitrogens is 4. The summed E-state index contributed by atoms with van der Waals surface area (Å²) in [6.45, 7) is 0.546. The Hall–Kier alpha value is -2.49. The van der Waals surface area contributed by atoms with Crippen LogP contribution >= 0.6 is 34.7 Å². The second kappa shape index (κ2) is 8.68. The van der Waals surface area contributed by atoms with Gasteiger partial charge >= 0.3 is 0 Å². The van der Waals surface area contributed by atoms with Gasteiger partial charge in [-0.2, -0.15) is 0 Å².